The van der Waals surface area contributed by atoms with Gasteiger partial charge in [-0.05, 0) is 40.8 Å². The zero-order chi connectivity index (χ0) is 8.55. The van der Waals surface area contributed by atoms with E-state index in [-0.39, 0.29) is 0 Å². The Bertz CT molecular complexity index is 369. The molecule has 0 saturated carbocycles. The summed E-state index contributed by atoms with van der Waals surface area (Å²) < 4.78 is 21.2. The number of rotatable bonds is 1. The lowest BCUT2D eigenvalue weighted by Crippen LogP contribution is -1.90. The van der Waals surface area contributed by atoms with Gasteiger partial charge in [-0.25, -0.2) is 0 Å². The van der Waals surface area contributed by atoms with Crippen LogP contribution in [0.25, 0.3) is 6.08 Å². The molecule has 0 aromatic heterocycles. The molecular formula is C9H7O2S-. The largest absolute Gasteiger partial charge is 0.768 e. The van der Waals surface area contributed by atoms with E-state index >= 15 is 0 Å². The Kier molecular flexibility index (Phi) is 1.83. The first-order chi connectivity index (χ1) is 5.77. The van der Waals surface area contributed by atoms with E-state index < -0.39 is 11.1 Å². The first-order valence-corrected chi connectivity index (χ1v) is 4.73. The molecule has 0 spiro atoms. The van der Waals surface area contributed by atoms with Crippen LogP contribution in [0.4, 0.5) is 0 Å². The Morgan fingerprint density at radius 3 is 3.00 bits per heavy atom. The summed E-state index contributed by atoms with van der Waals surface area (Å²) in [5, 5.41) is 0. The van der Waals surface area contributed by atoms with Crippen molar-refractivity contribution < 1.29 is 8.76 Å². The molecule has 0 saturated heterocycles. The molecule has 2 nitrogen and oxygen atoms in total. The maximum absolute atomic E-state index is 10.6. The third-order valence-electron chi connectivity index (χ3n) is 1.94. The van der Waals surface area contributed by atoms with Crippen LogP contribution < -0.4 is 0 Å². The van der Waals surface area contributed by atoms with E-state index in [0.717, 1.165) is 12.0 Å². The van der Waals surface area contributed by atoms with Crippen LogP contribution in [-0.2, 0) is 17.5 Å². The summed E-state index contributed by atoms with van der Waals surface area (Å²) in [5.41, 5.74) is 2.22. The summed E-state index contributed by atoms with van der Waals surface area (Å²) in [6.07, 6.45) is 4.90. The van der Waals surface area contributed by atoms with E-state index in [1.165, 1.54) is 5.56 Å². The lowest BCUT2D eigenvalue weighted by molar-refractivity contribution is 0.537. The van der Waals surface area contributed by atoms with Crippen molar-refractivity contribution in [3.8, 4) is 0 Å². The Hall–Kier alpha value is -0.930. The Balaban J connectivity index is 2.51. The van der Waals surface area contributed by atoms with Gasteiger partial charge < -0.3 is 4.55 Å². The number of fused-ring (bicyclic) bond motifs is 1. The molecule has 0 N–H and O–H groups in total. The second kappa shape index (κ2) is 2.84. The van der Waals surface area contributed by atoms with Crippen molar-refractivity contribution in [1.29, 1.82) is 0 Å². The number of hydrogen-bond acceptors (Lipinski definition) is 2. The fourth-order valence-electron chi connectivity index (χ4n) is 1.33. The highest BCUT2D eigenvalue weighted by atomic mass is 32.2. The van der Waals surface area contributed by atoms with Gasteiger partial charge >= 0.3 is 0 Å². The van der Waals surface area contributed by atoms with E-state index in [1.807, 2.05) is 18.2 Å². The van der Waals surface area contributed by atoms with E-state index in [2.05, 4.69) is 0 Å². The molecule has 0 heterocycles. The minimum absolute atomic E-state index is 0.361. The first-order valence-electron chi connectivity index (χ1n) is 3.66. The zero-order valence-electron chi connectivity index (χ0n) is 6.32. The van der Waals surface area contributed by atoms with Crippen LogP contribution in [-0.4, -0.2) is 8.76 Å². The van der Waals surface area contributed by atoms with Crippen molar-refractivity contribution in [2.24, 2.45) is 0 Å². The quantitative estimate of drug-likeness (QED) is 0.613. The van der Waals surface area contributed by atoms with Crippen molar-refractivity contribution in [2.45, 2.75) is 11.3 Å². The molecule has 1 aromatic rings. The second-order valence-corrected chi connectivity index (χ2v) is 3.64. The molecule has 1 aromatic carbocycles. The van der Waals surface area contributed by atoms with Crippen LogP contribution in [0.5, 0.6) is 0 Å². The third kappa shape index (κ3) is 1.21. The van der Waals surface area contributed by atoms with Gasteiger partial charge in [0, 0.05) is 4.90 Å². The average Bonchev–Trinajstić information content (AvgIpc) is 2.49. The fourth-order valence-corrected chi connectivity index (χ4v) is 1.73. The molecule has 12 heavy (non-hydrogen) atoms. The lowest BCUT2D eigenvalue weighted by atomic mass is 10.1. The number of allylic oxidation sites excluding steroid dienone is 1. The van der Waals surface area contributed by atoms with Crippen molar-refractivity contribution in [3.05, 3.63) is 35.4 Å². The average molecular weight is 179 g/mol. The van der Waals surface area contributed by atoms with Gasteiger partial charge in [-0.3, -0.25) is 4.21 Å². The van der Waals surface area contributed by atoms with Gasteiger partial charge in [-0.1, -0.05) is 18.2 Å². The number of benzene rings is 1. The van der Waals surface area contributed by atoms with E-state index in [1.54, 1.807) is 12.1 Å². The zero-order valence-corrected chi connectivity index (χ0v) is 7.14. The van der Waals surface area contributed by atoms with Crippen molar-refractivity contribution >= 4 is 17.2 Å². The maximum atomic E-state index is 10.6. The van der Waals surface area contributed by atoms with Crippen LogP contribution in [0, 0.1) is 0 Å². The van der Waals surface area contributed by atoms with Crippen LogP contribution in [0.2, 0.25) is 0 Å². The van der Waals surface area contributed by atoms with Gasteiger partial charge in [-0.15, -0.1) is 0 Å². The van der Waals surface area contributed by atoms with Gasteiger partial charge in [0.05, 0.1) is 0 Å². The molecular weight excluding hydrogens is 172 g/mol. The summed E-state index contributed by atoms with van der Waals surface area (Å²) >= 11 is -2.11. The topological polar surface area (TPSA) is 40.1 Å². The smallest absolute Gasteiger partial charge is 0.0254 e. The minimum atomic E-state index is -2.11. The molecule has 3 heteroatoms. The summed E-state index contributed by atoms with van der Waals surface area (Å²) in [6, 6.07) is 5.19. The van der Waals surface area contributed by atoms with Crippen LogP contribution in [0.3, 0.4) is 0 Å². The van der Waals surface area contributed by atoms with Gasteiger partial charge in [0.1, 0.15) is 0 Å². The number of hydrogen-bond donors (Lipinski definition) is 0. The minimum Gasteiger partial charge on any atom is -0.768 e. The normalized spacial score (nSPS) is 16.1. The van der Waals surface area contributed by atoms with Gasteiger partial charge in [0.25, 0.3) is 0 Å². The molecule has 0 fully saturated rings. The standard InChI is InChI=1S/C9H8O2S/c10-12(11)9-5-4-7-2-1-3-8(7)6-9/h1,3-6H,2H2,(H,10,11)/p-1. The van der Waals surface area contributed by atoms with Gasteiger partial charge in [0.15, 0.2) is 0 Å². The molecule has 1 aliphatic rings. The summed E-state index contributed by atoms with van der Waals surface area (Å²) in [6.45, 7) is 0. The monoisotopic (exact) mass is 179 g/mol. The van der Waals surface area contributed by atoms with Crippen molar-refractivity contribution in [1.82, 2.24) is 0 Å². The Morgan fingerprint density at radius 1 is 1.42 bits per heavy atom. The van der Waals surface area contributed by atoms with E-state index in [9.17, 15) is 8.76 Å². The van der Waals surface area contributed by atoms with Gasteiger partial charge in [-0.2, -0.15) is 0 Å². The Morgan fingerprint density at radius 2 is 2.25 bits per heavy atom. The van der Waals surface area contributed by atoms with E-state index in [0.29, 0.717) is 4.90 Å². The first kappa shape index (κ1) is 7.71. The van der Waals surface area contributed by atoms with Crippen LogP contribution in [0.1, 0.15) is 11.1 Å². The molecule has 1 unspecified atom stereocenters. The molecule has 0 amide bonds. The molecule has 0 aliphatic heterocycles. The predicted octanol–water partition coefficient (Wildman–Crippen LogP) is 1.49. The van der Waals surface area contributed by atoms with Crippen LogP contribution in [0.15, 0.2) is 29.2 Å². The summed E-state index contributed by atoms with van der Waals surface area (Å²) in [4.78, 5) is 0.361. The second-order valence-electron chi connectivity index (χ2n) is 2.70. The molecule has 1 aliphatic carbocycles. The van der Waals surface area contributed by atoms with Crippen LogP contribution >= 0.6 is 0 Å². The molecule has 1 atom stereocenters. The van der Waals surface area contributed by atoms with Crippen molar-refractivity contribution in [2.75, 3.05) is 0 Å². The molecule has 62 valence electrons. The third-order valence-corrected chi connectivity index (χ3v) is 2.58. The Labute approximate surface area is 73.2 Å². The van der Waals surface area contributed by atoms with Gasteiger partial charge in [0.2, 0.25) is 0 Å². The highest BCUT2D eigenvalue weighted by Gasteiger charge is 2.04. The summed E-state index contributed by atoms with van der Waals surface area (Å²) in [5.74, 6) is 0. The molecule has 0 bridgehead atoms. The lowest BCUT2D eigenvalue weighted by Gasteiger charge is -2.06. The van der Waals surface area contributed by atoms with Crippen molar-refractivity contribution in [3.63, 3.8) is 0 Å². The molecule has 2 rings (SSSR count). The summed E-state index contributed by atoms with van der Waals surface area (Å²) in [7, 11) is 0. The highest BCUT2D eigenvalue weighted by molar-refractivity contribution is 7.79. The molecule has 0 radical (unpaired) electrons. The fraction of sp³-hybridized carbons (Fsp3) is 0.111. The predicted molar refractivity (Wildman–Crippen MR) is 46.4 cm³/mol. The SMILES string of the molecule is O=S([O-])c1ccc2c(c1)C=CC2. The maximum Gasteiger partial charge on any atom is 0.0254 e. The van der Waals surface area contributed by atoms with E-state index in [4.69, 9.17) is 0 Å². The highest BCUT2D eigenvalue weighted by Crippen LogP contribution is 2.21.